The van der Waals surface area contributed by atoms with Gasteiger partial charge in [0.15, 0.2) is 0 Å². The Bertz CT molecular complexity index is 665. The Labute approximate surface area is 94.5 Å². The summed E-state index contributed by atoms with van der Waals surface area (Å²) in [6.45, 7) is 5.34. The van der Waals surface area contributed by atoms with E-state index in [1.54, 1.807) is 0 Å². The van der Waals surface area contributed by atoms with Crippen molar-refractivity contribution in [1.29, 1.82) is 0 Å². The summed E-state index contributed by atoms with van der Waals surface area (Å²) in [5.41, 5.74) is 3.91. The highest BCUT2D eigenvalue weighted by molar-refractivity contribution is 6.09. The van der Waals surface area contributed by atoms with Gasteiger partial charge in [0.2, 0.25) is 0 Å². The van der Waals surface area contributed by atoms with E-state index < -0.39 is 0 Å². The van der Waals surface area contributed by atoms with E-state index in [9.17, 15) is 0 Å². The maximum atomic E-state index is 4.24. The van der Waals surface area contributed by atoms with Crippen LogP contribution in [0.25, 0.3) is 21.8 Å². The molecule has 0 saturated carbocycles. The Kier molecular flexibility index (Phi) is 1.96. The van der Waals surface area contributed by atoms with Gasteiger partial charge in [-0.3, -0.25) is 4.98 Å². The number of hydrogen-bond donors (Lipinski definition) is 0. The van der Waals surface area contributed by atoms with Crippen LogP contribution < -0.4 is 0 Å². The summed E-state index contributed by atoms with van der Waals surface area (Å²) in [6.07, 6.45) is 3.83. The summed E-state index contributed by atoms with van der Waals surface area (Å²) in [5, 5.41) is 2.60. The molecule has 2 aromatic heterocycles. The van der Waals surface area contributed by atoms with Crippen molar-refractivity contribution in [2.45, 2.75) is 20.4 Å². The van der Waals surface area contributed by atoms with Gasteiger partial charge in [0.05, 0.1) is 5.52 Å². The van der Waals surface area contributed by atoms with Gasteiger partial charge in [-0.2, -0.15) is 0 Å². The van der Waals surface area contributed by atoms with Gasteiger partial charge in [0, 0.05) is 35.2 Å². The first-order valence-electron chi connectivity index (χ1n) is 5.64. The second-order valence-corrected chi connectivity index (χ2v) is 4.11. The molecule has 0 aliphatic rings. The molecule has 0 N–H and O–H groups in total. The first-order chi connectivity index (χ1) is 7.83. The van der Waals surface area contributed by atoms with Crippen molar-refractivity contribution in [3.63, 3.8) is 0 Å². The van der Waals surface area contributed by atoms with Crippen molar-refractivity contribution in [2.24, 2.45) is 0 Å². The molecule has 80 valence electrons. The fraction of sp³-hybridized carbons (Fsp3) is 0.214. The van der Waals surface area contributed by atoms with E-state index in [4.69, 9.17) is 0 Å². The van der Waals surface area contributed by atoms with Gasteiger partial charge in [0.25, 0.3) is 0 Å². The van der Waals surface area contributed by atoms with E-state index in [0.717, 1.165) is 6.54 Å². The lowest BCUT2D eigenvalue weighted by molar-refractivity contribution is 0.826. The van der Waals surface area contributed by atoms with Crippen molar-refractivity contribution in [3.05, 3.63) is 42.2 Å². The van der Waals surface area contributed by atoms with Crippen molar-refractivity contribution in [3.8, 4) is 0 Å². The molecule has 3 aromatic rings. The normalized spacial score (nSPS) is 11.4. The van der Waals surface area contributed by atoms with Gasteiger partial charge >= 0.3 is 0 Å². The van der Waals surface area contributed by atoms with E-state index in [1.807, 2.05) is 12.4 Å². The maximum absolute atomic E-state index is 4.24. The second kappa shape index (κ2) is 3.34. The second-order valence-electron chi connectivity index (χ2n) is 4.11. The van der Waals surface area contributed by atoms with Crippen molar-refractivity contribution < 1.29 is 0 Å². The van der Waals surface area contributed by atoms with Gasteiger partial charge in [0.1, 0.15) is 0 Å². The lowest BCUT2D eigenvalue weighted by Gasteiger charge is -2.02. The molecular weight excluding hydrogens is 196 g/mol. The number of hydrogen-bond acceptors (Lipinski definition) is 1. The number of pyridine rings is 1. The summed E-state index contributed by atoms with van der Waals surface area (Å²) in [5.74, 6) is 0. The molecule has 1 aromatic carbocycles. The summed E-state index contributed by atoms with van der Waals surface area (Å²) >= 11 is 0. The highest BCUT2D eigenvalue weighted by Gasteiger charge is 2.10. The van der Waals surface area contributed by atoms with Crippen LogP contribution in [0.5, 0.6) is 0 Å². The summed E-state index contributed by atoms with van der Waals surface area (Å²) < 4.78 is 2.35. The average Bonchev–Trinajstić information content (AvgIpc) is 2.64. The third kappa shape index (κ3) is 1.10. The number of aryl methyl sites for hydroxylation is 2. The minimum absolute atomic E-state index is 0.994. The van der Waals surface area contributed by atoms with Gasteiger partial charge in [-0.15, -0.1) is 0 Å². The third-order valence-corrected chi connectivity index (χ3v) is 3.22. The topological polar surface area (TPSA) is 17.8 Å². The Hall–Kier alpha value is -1.83. The highest BCUT2D eigenvalue weighted by atomic mass is 15.0. The Balaban J connectivity index is 2.64. The molecule has 16 heavy (non-hydrogen) atoms. The molecule has 0 aliphatic heterocycles. The van der Waals surface area contributed by atoms with Gasteiger partial charge in [-0.1, -0.05) is 12.1 Å². The van der Waals surface area contributed by atoms with E-state index in [1.165, 1.54) is 27.4 Å². The van der Waals surface area contributed by atoms with Crippen LogP contribution >= 0.6 is 0 Å². The van der Waals surface area contributed by atoms with Gasteiger partial charge in [-0.05, 0) is 31.5 Å². The van der Waals surface area contributed by atoms with Gasteiger partial charge in [-0.25, -0.2) is 0 Å². The highest BCUT2D eigenvalue weighted by Crippen LogP contribution is 2.30. The Morgan fingerprint density at radius 1 is 1.19 bits per heavy atom. The fourth-order valence-electron chi connectivity index (χ4n) is 2.51. The predicted octanol–water partition coefficient (Wildman–Crippen LogP) is 3.52. The van der Waals surface area contributed by atoms with Crippen LogP contribution in [-0.4, -0.2) is 9.55 Å². The number of aromatic nitrogens is 2. The monoisotopic (exact) mass is 210 g/mol. The average molecular weight is 210 g/mol. The smallest absolute Gasteiger partial charge is 0.0522 e. The van der Waals surface area contributed by atoms with Crippen LogP contribution in [-0.2, 0) is 6.54 Å². The first kappa shape index (κ1) is 9.40. The molecule has 0 aliphatic carbocycles. The molecule has 2 nitrogen and oxygen atoms in total. The summed E-state index contributed by atoms with van der Waals surface area (Å²) in [7, 11) is 0. The maximum Gasteiger partial charge on any atom is 0.0522 e. The van der Waals surface area contributed by atoms with E-state index in [2.05, 4.69) is 47.7 Å². The van der Waals surface area contributed by atoms with Crippen LogP contribution in [0, 0.1) is 6.92 Å². The van der Waals surface area contributed by atoms with Crippen LogP contribution in [0.2, 0.25) is 0 Å². The molecule has 0 unspecified atom stereocenters. The molecule has 0 fully saturated rings. The number of rotatable bonds is 1. The lowest BCUT2D eigenvalue weighted by atomic mass is 10.1. The van der Waals surface area contributed by atoms with Crippen LogP contribution in [0.1, 0.15) is 12.5 Å². The third-order valence-electron chi connectivity index (χ3n) is 3.22. The van der Waals surface area contributed by atoms with Gasteiger partial charge < -0.3 is 4.57 Å². The lowest BCUT2D eigenvalue weighted by Crippen LogP contribution is -1.92. The Morgan fingerprint density at radius 3 is 2.88 bits per heavy atom. The van der Waals surface area contributed by atoms with Crippen LogP contribution in [0.15, 0.2) is 36.7 Å². The molecule has 0 spiro atoms. The standard InChI is InChI=1S/C14H14N2/c1-3-16-12-7-8-15-9-11(12)14-10(2)5-4-6-13(14)16/h4-9H,3H2,1-2H3. The fourth-order valence-corrected chi connectivity index (χ4v) is 2.51. The Morgan fingerprint density at radius 2 is 2.06 bits per heavy atom. The molecule has 0 radical (unpaired) electrons. The molecule has 3 rings (SSSR count). The zero-order chi connectivity index (χ0) is 11.1. The predicted molar refractivity (Wildman–Crippen MR) is 67.7 cm³/mol. The summed E-state index contributed by atoms with van der Waals surface area (Å²) in [6, 6.07) is 8.56. The van der Waals surface area contributed by atoms with Crippen molar-refractivity contribution in [1.82, 2.24) is 9.55 Å². The number of fused-ring (bicyclic) bond motifs is 3. The SMILES string of the molecule is CCn1c2ccncc2c2c(C)cccc21. The molecule has 0 bridgehead atoms. The number of nitrogens with zero attached hydrogens (tertiary/aromatic N) is 2. The molecule has 0 atom stereocenters. The molecule has 2 heterocycles. The van der Waals surface area contributed by atoms with Crippen molar-refractivity contribution in [2.75, 3.05) is 0 Å². The number of benzene rings is 1. The largest absolute Gasteiger partial charge is 0.341 e. The molecule has 0 amide bonds. The van der Waals surface area contributed by atoms with Crippen molar-refractivity contribution >= 4 is 21.8 Å². The van der Waals surface area contributed by atoms with E-state index >= 15 is 0 Å². The molecular formula is C14H14N2. The first-order valence-corrected chi connectivity index (χ1v) is 5.64. The zero-order valence-corrected chi connectivity index (χ0v) is 9.57. The van der Waals surface area contributed by atoms with Crippen LogP contribution in [0.4, 0.5) is 0 Å². The minimum atomic E-state index is 0.994. The van der Waals surface area contributed by atoms with E-state index in [-0.39, 0.29) is 0 Å². The minimum Gasteiger partial charge on any atom is -0.341 e. The zero-order valence-electron chi connectivity index (χ0n) is 9.57. The molecule has 2 heteroatoms. The van der Waals surface area contributed by atoms with E-state index in [0.29, 0.717) is 0 Å². The molecule has 0 saturated heterocycles. The van der Waals surface area contributed by atoms with Crippen LogP contribution in [0.3, 0.4) is 0 Å². The summed E-state index contributed by atoms with van der Waals surface area (Å²) in [4.78, 5) is 4.24. The quantitative estimate of drug-likeness (QED) is 0.601.